The zero-order chi connectivity index (χ0) is 36.5. The number of benzene rings is 6. The lowest BCUT2D eigenvalue weighted by atomic mass is 9.75. The number of allylic oxidation sites excluding steroid dienone is 6. The molecule has 1 aromatic heterocycles. The molecule has 6 heteroatoms. The van der Waals surface area contributed by atoms with Gasteiger partial charge < -0.3 is 14.4 Å². The second kappa shape index (κ2) is 14.7. The smallest absolute Gasteiger partial charge is 0.293 e. The van der Waals surface area contributed by atoms with Gasteiger partial charge in [0.2, 0.25) is 5.52 Å². The van der Waals surface area contributed by atoms with Crippen LogP contribution in [0.5, 0.6) is 11.5 Å². The van der Waals surface area contributed by atoms with Crippen molar-refractivity contribution in [3.63, 3.8) is 0 Å². The van der Waals surface area contributed by atoms with E-state index in [0.717, 1.165) is 40.1 Å². The first-order valence-corrected chi connectivity index (χ1v) is 20.1. The third kappa shape index (κ3) is 7.07. The van der Waals surface area contributed by atoms with Gasteiger partial charge >= 0.3 is 0 Å². The lowest BCUT2D eigenvalue weighted by Crippen LogP contribution is -2.37. The van der Waals surface area contributed by atoms with Crippen LogP contribution < -0.4 is 18.9 Å². The van der Waals surface area contributed by atoms with Gasteiger partial charge in [-0.05, 0) is 76.6 Å². The normalized spacial score (nSPS) is 16.9. The van der Waals surface area contributed by atoms with Crippen molar-refractivity contribution in [3.05, 3.63) is 179 Å². The van der Waals surface area contributed by atoms with Gasteiger partial charge in [0.05, 0.1) is 10.7 Å². The van der Waals surface area contributed by atoms with Crippen molar-refractivity contribution in [2.75, 3.05) is 11.6 Å². The van der Waals surface area contributed by atoms with Crippen LogP contribution in [0.4, 0.5) is 5.69 Å². The number of nitrogens with zero attached hydrogens (tertiary/aromatic N) is 2. The minimum Gasteiger partial charge on any atom is -0.472 e. The Kier molecular flexibility index (Phi) is 9.31. The number of para-hydroxylation sites is 2. The molecule has 0 N–H and O–H groups in total. The average Bonchev–Trinajstić information content (AvgIpc) is 3.72. The quantitative estimate of drug-likeness (QED) is 0.138. The predicted molar refractivity (Wildman–Crippen MR) is 227 cm³/mol. The number of hydrogen-bond acceptors (Lipinski definition) is 5. The van der Waals surface area contributed by atoms with Crippen LogP contribution in [0.1, 0.15) is 31.7 Å². The number of hydrogen-bond donors (Lipinski definition) is 0. The molecule has 0 saturated heterocycles. The minimum atomic E-state index is 0.130. The Balaban J connectivity index is 0.987. The van der Waals surface area contributed by atoms with Gasteiger partial charge in [-0.25, -0.2) is 0 Å². The second-order valence-corrected chi connectivity index (χ2v) is 16.8. The molecular formula is C48H41N2O2S2+. The molecule has 1 aliphatic heterocycles. The standard InChI is InChI=1S/C48H41N2O2S2/c1-48(2)30-34(14-11-27-46-49(40-21-7-9-25-44(40)53-46)32-51-42-23-12-17-36-15-3-5-19-38(36)42)28-35(31-48)29-47-50(41-22-8-10-26-45(41)54-47)33-52-43-24-13-18-37-16-4-6-20-39(37)43/h3-29H,30-33H2,1-2H3/q+1. The molecule has 0 fully saturated rings. The van der Waals surface area contributed by atoms with Crippen LogP contribution in [0.2, 0.25) is 0 Å². The molecule has 54 heavy (non-hydrogen) atoms. The summed E-state index contributed by atoms with van der Waals surface area (Å²) in [5, 5.41) is 6.95. The summed E-state index contributed by atoms with van der Waals surface area (Å²) in [6.45, 7) is 5.61. The third-order valence-corrected chi connectivity index (χ3v) is 12.3. The highest BCUT2D eigenvalue weighted by atomic mass is 32.2. The first-order valence-electron chi connectivity index (χ1n) is 18.4. The number of thioether (sulfide) groups is 1. The zero-order valence-electron chi connectivity index (χ0n) is 30.4. The Bertz CT molecular complexity index is 2640. The summed E-state index contributed by atoms with van der Waals surface area (Å²) in [6, 6.07) is 46.5. The van der Waals surface area contributed by atoms with Gasteiger partial charge in [0.25, 0.3) is 11.7 Å². The molecule has 0 amide bonds. The second-order valence-electron chi connectivity index (χ2n) is 14.7. The lowest BCUT2D eigenvalue weighted by molar-refractivity contribution is -0.698. The largest absolute Gasteiger partial charge is 0.472 e. The summed E-state index contributed by atoms with van der Waals surface area (Å²) in [7, 11) is 0. The summed E-state index contributed by atoms with van der Waals surface area (Å²) in [5.41, 5.74) is 5.14. The first-order chi connectivity index (χ1) is 26.5. The molecule has 6 aromatic carbocycles. The Hall–Kier alpha value is -5.56. The van der Waals surface area contributed by atoms with Crippen LogP contribution in [0, 0.1) is 5.41 Å². The van der Waals surface area contributed by atoms with Gasteiger partial charge in [-0.2, -0.15) is 0 Å². The molecule has 2 heterocycles. The SMILES string of the molecule is CC1(C)CC(=CC=Cc2sc3ccccc3[n+]2COc2cccc3ccccc23)C=C(C=C2Sc3ccccc3N2COc2cccc3ccccc23)C1. The Labute approximate surface area is 325 Å². The van der Waals surface area contributed by atoms with E-state index >= 15 is 0 Å². The molecule has 0 radical (unpaired) electrons. The summed E-state index contributed by atoms with van der Waals surface area (Å²) in [5.74, 6) is 1.79. The first kappa shape index (κ1) is 34.2. The van der Waals surface area contributed by atoms with E-state index in [1.165, 1.54) is 47.7 Å². The molecule has 7 aromatic rings. The van der Waals surface area contributed by atoms with E-state index in [-0.39, 0.29) is 5.41 Å². The van der Waals surface area contributed by atoms with Gasteiger partial charge in [0.15, 0.2) is 6.73 Å². The van der Waals surface area contributed by atoms with Crippen molar-refractivity contribution in [3.8, 4) is 11.5 Å². The molecule has 1 aliphatic carbocycles. The lowest BCUT2D eigenvalue weighted by Gasteiger charge is -2.31. The summed E-state index contributed by atoms with van der Waals surface area (Å²) < 4.78 is 16.6. The van der Waals surface area contributed by atoms with Crippen LogP contribution in [0.25, 0.3) is 37.8 Å². The molecule has 0 saturated carbocycles. The zero-order valence-corrected chi connectivity index (χ0v) is 32.1. The number of fused-ring (bicyclic) bond motifs is 4. The van der Waals surface area contributed by atoms with E-state index < -0.39 is 0 Å². The molecule has 0 unspecified atom stereocenters. The molecule has 266 valence electrons. The van der Waals surface area contributed by atoms with Crippen molar-refractivity contribution < 1.29 is 14.0 Å². The van der Waals surface area contributed by atoms with Gasteiger partial charge in [0, 0.05) is 27.8 Å². The summed E-state index contributed by atoms with van der Waals surface area (Å²) >= 11 is 3.61. The number of rotatable bonds is 9. The average molecular weight is 742 g/mol. The highest BCUT2D eigenvalue weighted by Gasteiger charge is 2.29. The maximum atomic E-state index is 6.55. The van der Waals surface area contributed by atoms with Crippen LogP contribution in [-0.4, -0.2) is 6.73 Å². The molecule has 9 rings (SSSR count). The maximum Gasteiger partial charge on any atom is 0.293 e. The monoisotopic (exact) mass is 741 g/mol. The van der Waals surface area contributed by atoms with Gasteiger partial charge in [-0.3, -0.25) is 0 Å². The number of aromatic nitrogens is 1. The molecular weight excluding hydrogens is 701 g/mol. The van der Waals surface area contributed by atoms with Gasteiger partial charge in [-0.1, -0.05) is 152 Å². The van der Waals surface area contributed by atoms with E-state index in [1.807, 2.05) is 11.8 Å². The van der Waals surface area contributed by atoms with Crippen molar-refractivity contribution >= 4 is 66.6 Å². The predicted octanol–water partition coefficient (Wildman–Crippen LogP) is 12.7. The van der Waals surface area contributed by atoms with Crippen molar-refractivity contribution in [2.24, 2.45) is 5.41 Å². The molecule has 4 nitrogen and oxygen atoms in total. The van der Waals surface area contributed by atoms with Crippen LogP contribution in [-0.2, 0) is 6.73 Å². The molecule has 2 aliphatic rings. The van der Waals surface area contributed by atoms with Crippen LogP contribution >= 0.6 is 23.1 Å². The van der Waals surface area contributed by atoms with E-state index in [2.05, 4.69) is 187 Å². The van der Waals surface area contributed by atoms with Gasteiger partial charge in [-0.15, -0.1) is 4.57 Å². The fourth-order valence-electron chi connectivity index (χ4n) is 7.64. The Morgan fingerprint density at radius 2 is 1.39 bits per heavy atom. The highest BCUT2D eigenvalue weighted by molar-refractivity contribution is 8.03. The van der Waals surface area contributed by atoms with Crippen LogP contribution in [0.3, 0.4) is 0 Å². The fraction of sp³-hybridized carbons (Fsp3) is 0.146. The fourth-order valence-corrected chi connectivity index (χ4v) is 9.82. The highest BCUT2D eigenvalue weighted by Crippen LogP contribution is 2.48. The molecule has 0 atom stereocenters. The van der Waals surface area contributed by atoms with E-state index in [4.69, 9.17) is 9.47 Å². The van der Waals surface area contributed by atoms with Crippen molar-refractivity contribution in [1.82, 2.24) is 0 Å². The maximum absolute atomic E-state index is 6.55. The Morgan fingerprint density at radius 3 is 2.19 bits per heavy atom. The van der Waals surface area contributed by atoms with E-state index in [9.17, 15) is 0 Å². The Morgan fingerprint density at radius 1 is 0.722 bits per heavy atom. The summed E-state index contributed by atoms with van der Waals surface area (Å²) in [6.07, 6.45) is 13.5. The summed E-state index contributed by atoms with van der Waals surface area (Å²) in [4.78, 5) is 3.56. The van der Waals surface area contributed by atoms with Crippen molar-refractivity contribution in [2.45, 2.75) is 38.3 Å². The van der Waals surface area contributed by atoms with Gasteiger partial charge in [0.1, 0.15) is 16.2 Å². The number of anilines is 1. The van der Waals surface area contributed by atoms with E-state index in [1.54, 1.807) is 11.3 Å². The third-order valence-electron chi connectivity index (χ3n) is 10.1. The molecule has 0 spiro atoms. The van der Waals surface area contributed by atoms with E-state index in [0.29, 0.717) is 13.5 Å². The number of ether oxygens (including phenoxy) is 2. The van der Waals surface area contributed by atoms with Crippen molar-refractivity contribution in [1.29, 1.82) is 0 Å². The molecule has 0 bridgehead atoms. The van der Waals surface area contributed by atoms with Crippen LogP contribution in [0.15, 0.2) is 179 Å². The number of thiazole rings is 1. The topological polar surface area (TPSA) is 25.6 Å². The minimum absolute atomic E-state index is 0.130.